The Morgan fingerprint density at radius 1 is 0.643 bits per heavy atom. The number of carbonyl (C=O) groups excluding carboxylic acids is 1. The van der Waals surface area contributed by atoms with Gasteiger partial charge in [0.15, 0.2) is 6.29 Å². The van der Waals surface area contributed by atoms with Crippen molar-refractivity contribution in [1.29, 1.82) is 0 Å². The van der Waals surface area contributed by atoms with E-state index in [4.69, 9.17) is 14.2 Å². The van der Waals surface area contributed by atoms with Crippen LogP contribution in [0, 0.1) is 0 Å². The summed E-state index contributed by atoms with van der Waals surface area (Å²) in [6, 6.07) is 0. The number of hydrogen-bond acceptors (Lipinski definition) is 11. The van der Waals surface area contributed by atoms with Crippen molar-refractivity contribution < 1.29 is 54.8 Å². The molecule has 11 heteroatoms. The molecule has 0 aromatic rings. The van der Waals surface area contributed by atoms with E-state index < -0.39 is 74.4 Å². The van der Waals surface area contributed by atoms with Crippen LogP contribution in [0.4, 0.5) is 0 Å². The molecule has 0 saturated carbocycles. The summed E-state index contributed by atoms with van der Waals surface area (Å²) in [6.07, 6.45) is 5.35. The first-order valence-corrected chi connectivity index (χ1v) is 16.0. The van der Waals surface area contributed by atoms with Crippen molar-refractivity contribution in [3.63, 3.8) is 0 Å². The molecule has 0 aromatic carbocycles. The molecule has 0 spiro atoms. The molecule has 0 unspecified atom stereocenters. The third-order valence-electron chi connectivity index (χ3n) is 8.25. The molecule has 42 heavy (non-hydrogen) atoms. The molecule has 11 nitrogen and oxygen atoms in total. The van der Waals surface area contributed by atoms with E-state index >= 15 is 0 Å². The number of ketones is 1. The highest BCUT2D eigenvalue weighted by atomic mass is 16.7. The Balaban J connectivity index is 1.64. The smallest absolute Gasteiger partial charge is 0.187 e. The number of carbonyl (C=O) groups is 1. The van der Waals surface area contributed by atoms with Gasteiger partial charge in [0.25, 0.3) is 0 Å². The zero-order valence-electron chi connectivity index (χ0n) is 25.2. The van der Waals surface area contributed by atoms with Gasteiger partial charge in [0.05, 0.1) is 19.3 Å². The van der Waals surface area contributed by atoms with E-state index in [2.05, 4.69) is 19.1 Å². The van der Waals surface area contributed by atoms with Crippen LogP contribution >= 0.6 is 0 Å². The molecule has 0 aliphatic carbocycles. The summed E-state index contributed by atoms with van der Waals surface area (Å²) in [6.45, 7) is 0.948. The van der Waals surface area contributed by atoms with E-state index in [-0.39, 0.29) is 12.2 Å². The molecule has 0 aromatic heterocycles. The Kier molecular flexibility index (Phi) is 18.5. The van der Waals surface area contributed by atoms with Crippen molar-refractivity contribution in [2.75, 3.05) is 13.2 Å². The molecule has 2 heterocycles. The average molecular weight is 605 g/mol. The lowest BCUT2D eigenvalue weighted by Gasteiger charge is -2.46. The molecule has 2 fully saturated rings. The predicted molar refractivity (Wildman–Crippen MR) is 155 cm³/mol. The quantitative estimate of drug-likeness (QED) is 0.0746. The Morgan fingerprint density at radius 2 is 1.19 bits per heavy atom. The Bertz CT molecular complexity index is 746. The summed E-state index contributed by atoms with van der Waals surface area (Å²) in [7, 11) is 0. The molecule has 0 amide bonds. The zero-order chi connectivity index (χ0) is 30.9. The van der Waals surface area contributed by atoms with Crippen LogP contribution < -0.4 is 0 Å². The maximum absolute atomic E-state index is 12.6. The molecule has 2 aliphatic heterocycles. The van der Waals surface area contributed by atoms with E-state index in [0.717, 1.165) is 44.9 Å². The van der Waals surface area contributed by atoms with Crippen LogP contribution in [0.1, 0.15) is 103 Å². The number of allylic oxidation sites excluding steroid dienone is 2. The zero-order valence-corrected chi connectivity index (χ0v) is 25.2. The van der Waals surface area contributed by atoms with Crippen molar-refractivity contribution in [1.82, 2.24) is 0 Å². The minimum absolute atomic E-state index is 0.117. The summed E-state index contributed by atoms with van der Waals surface area (Å²) >= 11 is 0. The van der Waals surface area contributed by atoms with Gasteiger partial charge in [-0.3, -0.25) is 4.79 Å². The molecule has 246 valence electrons. The summed E-state index contributed by atoms with van der Waals surface area (Å²) < 4.78 is 16.6. The van der Waals surface area contributed by atoms with Gasteiger partial charge in [-0.15, -0.1) is 0 Å². The number of Topliss-reactive ketones (excluding diaryl/α,β-unsaturated/α-hetero) is 1. The van der Waals surface area contributed by atoms with Crippen LogP contribution in [0.5, 0.6) is 0 Å². The first-order chi connectivity index (χ1) is 20.2. The lowest BCUT2D eigenvalue weighted by molar-refractivity contribution is -0.341. The fraction of sp³-hybridized carbons (Fsp3) is 0.903. The lowest BCUT2D eigenvalue weighted by Crippen LogP contribution is -2.64. The number of unbranched alkanes of at least 4 members (excludes halogenated alkanes) is 11. The molecular weight excluding hydrogens is 548 g/mol. The molecular formula is C31H56O11. The van der Waals surface area contributed by atoms with Crippen molar-refractivity contribution >= 4 is 5.78 Å². The van der Waals surface area contributed by atoms with Gasteiger partial charge in [0, 0.05) is 12.8 Å². The van der Waals surface area contributed by atoms with Crippen LogP contribution in [0.25, 0.3) is 0 Å². The largest absolute Gasteiger partial charge is 0.394 e. The highest BCUT2D eigenvalue weighted by Crippen LogP contribution is 2.30. The van der Waals surface area contributed by atoms with Gasteiger partial charge in [-0.1, -0.05) is 70.4 Å². The summed E-state index contributed by atoms with van der Waals surface area (Å²) in [5.41, 5.74) is 0. The van der Waals surface area contributed by atoms with Gasteiger partial charge < -0.3 is 50.0 Å². The Labute approximate surface area is 250 Å². The average Bonchev–Trinajstić information content (AvgIpc) is 2.98. The number of aliphatic hydroxyl groups excluding tert-OH is 7. The second kappa shape index (κ2) is 20.9. The van der Waals surface area contributed by atoms with Gasteiger partial charge in [-0.05, 0) is 32.1 Å². The second-order valence-corrected chi connectivity index (χ2v) is 11.8. The van der Waals surface area contributed by atoms with Crippen molar-refractivity contribution in [2.45, 2.75) is 164 Å². The molecule has 10 atom stereocenters. The third-order valence-corrected chi connectivity index (χ3v) is 8.25. The predicted octanol–water partition coefficient (Wildman–Crippen LogP) is 1.65. The fourth-order valence-electron chi connectivity index (χ4n) is 5.55. The van der Waals surface area contributed by atoms with E-state index in [1.807, 2.05) is 0 Å². The fourth-order valence-corrected chi connectivity index (χ4v) is 5.55. The Morgan fingerprint density at radius 3 is 1.79 bits per heavy atom. The first-order valence-electron chi connectivity index (χ1n) is 16.0. The van der Waals surface area contributed by atoms with Crippen molar-refractivity contribution in [3.8, 4) is 0 Å². The van der Waals surface area contributed by atoms with Gasteiger partial charge in [-0.2, -0.15) is 0 Å². The molecule has 0 bridgehead atoms. The van der Waals surface area contributed by atoms with E-state index in [1.165, 1.54) is 38.5 Å². The third kappa shape index (κ3) is 12.2. The maximum Gasteiger partial charge on any atom is 0.187 e. The number of hydrogen-bond donors (Lipinski definition) is 7. The number of ether oxygens (including phenoxy) is 3. The number of rotatable bonds is 21. The van der Waals surface area contributed by atoms with Crippen molar-refractivity contribution in [2.24, 2.45) is 0 Å². The Hall–Kier alpha value is -0.990. The SMILES string of the molecule is CCCCCCCC/C=C/CCCCCCCC(=O)C[C@H]1O[C@H](CO)[C@@H](O[C@@H]2O[C@H](CO)[C@@H](O)[C@H](O)[C@H]2O)[C@H](O)[C@H]1O. The highest BCUT2D eigenvalue weighted by molar-refractivity contribution is 5.78. The standard InChI is InChI=1S/C31H56O11/c1-2-3-4-5-6-7-8-9-10-11-12-13-14-15-16-17-21(34)18-22-25(35)28(38)30(24(20-33)40-22)42-31-29(39)27(37)26(36)23(19-32)41-31/h9-10,22-33,35-39H,2-8,11-20H2,1H3/b10-9+/t22-,23-,24-,25+,26-,27+,28-,29-,30-,31+/m1/s1. The van der Waals surface area contributed by atoms with Gasteiger partial charge in [0.2, 0.25) is 0 Å². The van der Waals surface area contributed by atoms with E-state index in [1.54, 1.807) is 0 Å². The topological polar surface area (TPSA) is 186 Å². The summed E-state index contributed by atoms with van der Waals surface area (Å²) in [4.78, 5) is 12.6. The molecule has 2 rings (SSSR count). The van der Waals surface area contributed by atoms with Crippen LogP contribution in [0.2, 0.25) is 0 Å². The minimum Gasteiger partial charge on any atom is -0.394 e. The maximum atomic E-state index is 12.6. The summed E-state index contributed by atoms with van der Waals surface area (Å²) in [5, 5.41) is 70.7. The van der Waals surface area contributed by atoms with Crippen molar-refractivity contribution in [3.05, 3.63) is 12.2 Å². The lowest BCUT2D eigenvalue weighted by atomic mass is 9.91. The molecule has 7 N–H and O–H groups in total. The molecule has 2 saturated heterocycles. The first kappa shape index (κ1) is 37.2. The van der Waals surface area contributed by atoms with E-state index in [9.17, 15) is 40.5 Å². The highest BCUT2D eigenvalue weighted by Gasteiger charge is 2.50. The van der Waals surface area contributed by atoms with E-state index in [0.29, 0.717) is 6.42 Å². The minimum atomic E-state index is -1.72. The normalized spacial score (nSPS) is 33.8. The monoisotopic (exact) mass is 604 g/mol. The van der Waals surface area contributed by atoms with Gasteiger partial charge in [-0.25, -0.2) is 0 Å². The second-order valence-electron chi connectivity index (χ2n) is 11.8. The van der Waals surface area contributed by atoms with Crippen LogP contribution in [0.15, 0.2) is 12.2 Å². The van der Waals surface area contributed by atoms with Crippen LogP contribution in [-0.2, 0) is 19.0 Å². The summed E-state index contributed by atoms with van der Waals surface area (Å²) in [5.74, 6) is -0.117. The molecule has 0 radical (unpaired) electrons. The van der Waals surface area contributed by atoms with Gasteiger partial charge in [0.1, 0.15) is 54.6 Å². The van der Waals surface area contributed by atoms with Crippen LogP contribution in [-0.4, -0.2) is 116 Å². The number of aliphatic hydroxyl groups is 7. The molecule has 2 aliphatic rings. The van der Waals surface area contributed by atoms with Gasteiger partial charge >= 0.3 is 0 Å². The van der Waals surface area contributed by atoms with Crippen LogP contribution in [0.3, 0.4) is 0 Å².